The third-order valence-corrected chi connectivity index (χ3v) is 8.03. The van der Waals surface area contributed by atoms with Crippen LogP contribution in [0.5, 0.6) is 0 Å². The van der Waals surface area contributed by atoms with Crippen LogP contribution >= 0.6 is 35.7 Å². The fourth-order valence-electron chi connectivity index (χ4n) is 4.94. The van der Waals surface area contributed by atoms with E-state index in [4.69, 9.17) is 4.74 Å². The smallest absolute Gasteiger partial charge is 0.193 e. The van der Waals surface area contributed by atoms with Gasteiger partial charge >= 0.3 is 0 Å². The molecule has 1 saturated carbocycles. The molecule has 3 aliphatic rings. The van der Waals surface area contributed by atoms with Crippen molar-refractivity contribution in [2.24, 2.45) is 4.99 Å². The first-order valence-corrected chi connectivity index (χ1v) is 11.6. The maximum Gasteiger partial charge on any atom is 0.193 e. The number of aliphatic imine (C=N–C) groups is 1. The van der Waals surface area contributed by atoms with E-state index in [0.29, 0.717) is 11.6 Å². The van der Waals surface area contributed by atoms with E-state index in [9.17, 15) is 0 Å². The van der Waals surface area contributed by atoms with Crippen LogP contribution in [-0.4, -0.2) is 85.3 Å². The van der Waals surface area contributed by atoms with Gasteiger partial charge in [0.25, 0.3) is 0 Å². The number of nitrogens with zero attached hydrogens (tertiary/aromatic N) is 3. The number of hydrogen-bond acceptors (Lipinski definition) is 4. The molecule has 7 heteroatoms. The minimum atomic E-state index is 0. The van der Waals surface area contributed by atoms with Crippen molar-refractivity contribution in [1.82, 2.24) is 15.1 Å². The predicted molar refractivity (Wildman–Crippen MR) is 128 cm³/mol. The summed E-state index contributed by atoms with van der Waals surface area (Å²) in [5.74, 6) is 2.33. The van der Waals surface area contributed by atoms with Gasteiger partial charge in [-0.15, -0.1) is 24.0 Å². The Morgan fingerprint density at radius 3 is 2.52 bits per heavy atom. The SMILES string of the molecule is CCC1CN(C(=NC)NCC2(N3CCC(OC)CC3)CCCC2)CCS1.I. The van der Waals surface area contributed by atoms with Crippen LogP contribution in [0.15, 0.2) is 4.99 Å². The van der Waals surface area contributed by atoms with Crippen LogP contribution in [0.3, 0.4) is 0 Å². The van der Waals surface area contributed by atoms with E-state index in [-0.39, 0.29) is 24.0 Å². The molecule has 2 heterocycles. The minimum absolute atomic E-state index is 0. The highest BCUT2D eigenvalue weighted by Crippen LogP contribution is 2.37. The quantitative estimate of drug-likeness (QED) is 0.349. The molecule has 0 aromatic rings. The standard InChI is InChI=1S/C20H38N4OS.HI/c1-4-18-15-23(13-14-26-18)19(21-2)22-16-20(9-5-6-10-20)24-11-7-17(25-3)8-12-24;/h17-18H,4-16H2,1-3H3,(H,21,22);1H. The van der Waals surface area contributed by atoms with Gasteiger partial charge in [0.2, 0.25) is 0 Å². The number of likely N-dealkylation sites (tertiary alicyclic amines) is 1. The molecule has 158 valence electrons. The minimum Gasteiger partial charge on any atom is -0.381 e. The van der Waals surface area contributed by atoms with Gasteiger partial charge in [-0.3, -0.25) is 9.89 Å². The number of halogens is 1. The predicted octanol–water partition coefficient (Wildman–Crippen LogP) is 3.43. The molecule has 1 atom stereocenters. The first-order valence-electron chi connectivity index (χ1n) is 10.6. The summed E-state index contributed by atoms with van der Waals surface area (Å²) in [6, 6.07) is 0. The zero-order valence-corrected chi connectivity index (χ0v) is 20.6. The molecule has 3 fully saturated rings. The Kier molecular flexibility index (Phi) is 9.99. The van der Waals surface area contributed by atoms with E-state index in [1.165, 1.54) is 63.8 Å². The van der Waals surface area contributed by atoms with E-state index >= 15 is 0 Å². The zero-order chi connectivity index (χ0) is 18.4. The van der Waals surface area contributed by atoms with Crippen molar-refractivity contribution in [3.05, 3.63) is 0 Å². The van der Waals surface area contributed by atoms with Crippen LogP contribution in [0, 0.1) is 0 Å². The maximum atomic E-state index is 5.58. The highest BCUT2D eigenvalue weighted by molar-refractivity contribution is 14.0. The Bertz CT molecular complexity index is 465. The molecule has 0 aromatic heterocycles. The Morgan fingerprint density at radius 1 is 1.22 bits per heavy atom. The van der Waals surface area contributed by atoms with Crippen LogP contribution in [0.25, 0.3) is 0 Å². The Hall–Kier alpha value is 0.270. The van der Waals surface area contributed by atoms with Crippen molar-refractivity contribution in [2.45, 2.75) is 68.8 Å². The van der Waals surface area contributed by atoms with Crippen molar-refractivity contribution in [2.75, 3.05) is 52.6 Å². The number of guanidine groups is 1. The molecule has 1 aliphatic carbocycles. The molecule has 0 radical (unpaired) electrons. The first kappa shape index (κ1) is 23.5. The van der Waals surface area contributed by atoms with Gasteiger partial charge in [0, 0.05) is 63.4 Å². The van der Waals surface area contributed by atoms with E-state index < -0.39 is 0 Å². The molecule has 1 N–H and O–H groups in total. The Morgan fingerprint density at radius 2 is 1.93 bits per heavy atom. The number of methoxy groups -OCH3 is 1. The number of nitrogens with one attached hydrogen (secondary N) is 1. The van der Waals surface area contributed by atoms with Crippen molar-refractivity contribution >= 4 is 41.7 Å². The fourth-order valence-corrected chi connectivity index (χ4v) is 6.12. The van der Waals surface area contributed by atoms with Gasteiger partial charge < -0.3 is 15.0 Å². The lowest BCUT2D eigenvalue weighted by molar-refractivity contribution is -0.00179. The molecule has 27 heavy (non-hydrogen) atoms. The van der Waals surface area contributed by atoms with Crippen LogP contribution in [0.4, 0.5) is 0 Å². The van der Waals surface area contributed by atoms with Crippen molar-refractivity contribution in [1.29, 1.82) is 0 Å². The molecule has 0 spiro atoms. The lowest BCUT2D eigenvalue weighted by Gasteiger charge is -2.46. The number of thioether (sulfide) groups is 1. The van der Waals surface area contributed by atoms with Gasteiger partial charge in [0.15, 0.2) is 5.96 Å². The molecule has 2 aliphatic heterocycles. The van der Waals surface area contributed by atoms with Crippen LogP contribution < -0.4 is 5.32 Å². The molecular formula is C20H39IN4OS. The lowest BCUT2D eigenvalue weighted by atomic mass is 9.91. The fraction of sp³-hybridized carbons (Fsp3) is 0.950. The average molecular weight is 511 g/mol. The number of ether oxygens (including phenoxy) is 1. The molecule has 0 amide bonds. The third kappa shape index (κ3) is 5.89. The van der Waals surface area contributed by atoms with Gasteiger partial charge in [-0.1, -0.05) is 19.8 Å². The molecular weight excluding hydrogens is 471 g/mol. The van der Waals surface area contributed by atoms with Gasteiger partial charge in [0.05, 0.1) is 6.10 Å². The van der Waals surface area contributed by atoms with E-state index in [0.717, 1.165) is 30.8 Å². The summed E-state index contributed by atoms with van der Waals surface area (Å²) in [5.41, 5.74) is 0.323. The maximum absolute atomic E-state index is 5.58. The molecule has 5 nitrogen and oxygen atoms in total. The van der Waals surface area contributed by atoms with E-state index in [1.54, 1.807) is 0 Å². The third-order valence-electron chi connectivity index (χ3n) is 6.66. The number of hydrogen-bond donors (Lipinski definition) is 1. The molecule has 2 saturated heterocycles. The summed E-state index contributed by atoms with van der Waals surface area (Å²) < 4.78 is 5.58. The summed E-state index contributed by atoms with van der Waals surface area (Å²) in [6.45, 7) is 7.94. The molecule has 0 aromatic carbocycles. The number of rotatable bonds is 5. The van der Waals surface area contributed by atoms with Crippen molar-refractivity contribution in [3.8, 4) is 0 Å². The number of piperidine rings is 1. The summed E-state index contributed by atoms with van der Waals surface area (Å²) in [4.78, 5) is 9.86. The Balaban J connectivity index is 0.00000261. The van der Waals surface area contributed by atoms with E-state index in [1.807, 2.05) is 14.2 Å². The summed E-state index contributed by atoms with van der Waals surface area (Å²) in [6.07, 6.45) is 9.43. The summed E-state index contributed by atoms with van der Waals surface area (Å²) in [7, 11) is 3.80. The first-order chi connectivity index (χ1) is 12.7. The monoisotopic (exact) mass is 510 g/mol. The van der Waals surface area contributed by atoms with Gasteiger partial charge in [-0.25, -0.2) is 0 Å². The van der Waals surface area contributed by atoms with Crippen LogP contribution in [0.2, 0.25) is 0 Å². The Labute approximate surface area is 187 Å². The largest absolute Gasteiger partial charge is 0.381 e. The molecule has 3 rings (SSSR count). The normalized spacial score (nSPS) is 27.4. The topological polar surface area (TPSA) is 40.1 Å². The summed E-state index contributed by atoms with van der Waals surface area (Å²) in [5, 5.41) is 4.53. The highest BCUT2D eigenvalue weighted by Gasteiger charge is 2.41. The van der Waals surface area contributed by atoms with E-state index in [2.05, 4.69) is 38.8 Å². The van der Waals surface area contributed by atoms with Gasteiger partial charge in [-0.05, 0) is 32.1 Å². The van der Waals surface area contributed by atoms with Crippen LogP contribution in [0.1, 0.15) is 51.9 Å². The zero-order valence-electron chi connectivity index (χ0n) is 17.4. The van der Waals surface area contributed by atoms with Crippen molar-refractivity contribution in [3.63, 3.8) is 0 Å². The highest BCUT2D eigenvalue weighted by atomic mass is 127. The second-order valence-corrected chi connectivity index (χ2v) is 9.51. The average Bonchev–Trinajstić information content (AvgIpc) is 3.19. The van der Waals surface area contributed by atoms with Gasteiger partial charge in [-0.2, -0.15) is 11.8 Å². The van der Waals surface area contributed by atoms with Crippen molar-refractivity contribution < 1.29 is 4.74 Å². The molecule has 1 unspecified atom stereocenters. The second-order valence-electron chi connectivity index (χ2n) is 8.10. The van der Waals surface area contributed by atoms with Crippen LogP contribution in [-0.2, 0) is 4.74 Å². The molecule has 0 bridgehead atoms. The van der Waals surface area contributed by atoms with Gasteiger partial charge in [0.1, 0.15) is 0 Å². The second kappa shape index (κ2) is 11.5. The lowest BCUT2D eigenvalue weighted by Crippen LogP contribution is -2.59. The summed E-state index contributed by atoms with van der Waals surface area (Å²) >= 11 is 2.12.